The summed E-state index contributed by atoms with van der Waals surface area (Å²) in [6.07, 6.45) is 44.5. The number of nitrogens with one attached hydrogen (secondary N) is 1. The van der Waals surface area contributed by atoms with E-state index in [0.29, 0.717) is 12.8 Å². The Balaban J connectivity index is 1.76. The standard InChI is InChI=1S/C63H115NO13/c1-3-5-7-9-11-13-15-17-19-21-22-23-24-25-26-27-28-29-30-31-32-34-36-38-40-42-44-46-52(67)51(64-55(68)47-45-43-41-39-37-35-33-20-18-16-14-12-10-8-6-4-2)50-74-62-60(73)58(71)61(54(49-66)76-62)77-63-59(72)57(70)56(69)53(48-65)75-63/h20,30-31,33,36,38,44,46,51-54,56-63,65-67,69-73H,3-19,21-29,32,34-35,37,39-43,45,47-50H2,1-2H3,(H,64,68)/b31-30+,33-20-,38-36+,46-44+. The number of hydrogen-bond donors (Lipinski definition) is 9. The molecule has 0 aromatic carbocycles. The van der Waals surface area contributed by atoms with Crippen molar-refractivity contribution in [2.45, 2.75) is 325 Å². The number of carbonyl (C=O) groups is 1. The molecule has 9 N–H and O–H groups in total. The summed E-state index contributed by atoms with van der Waals surface area (Å²) in [7, 11) is 0. The highest BCUT2D eigenvalue weighted by Crippen LogP contribution is 2.30. The summed E-state index contributed by atoms with van der Waals surface area (Å²) in [5.74, 6) is -0.261. The van der Waals surface area contributed by atoms with E-state index in [1.165, 1.54) is 154 Å². The first kappa shape index (κ1) is 71.1. The van der Waals surface area contributed by atoms with Gasteiger partial charge in [0.05, 0.1) is 32.0 Å². The highest BCUT2D eigenvalue weighted by Gasteiger charge is 2.51. The molecule has 0 bridgehead atoms. The summed E-state index contributed by atoms with van der Waals surface area (Å²) in [4.78, 5) is 13.2. The maximum absolute atomic E-state index is 13.2. The van der Waals surface area contributed by atoms with E-state index in [2.05, 4.69) is 55.6 Å². The lowest BCUT2D eigenvalue weighted by atomic mass is 9.97. The Morgan fingerprint density at radius 1 is 0.455 bits per heavy atom. The van der Waals surface area contributed by atoms with Crippen LogP contribution in [0.2, 0.25) is 0 Å². The van der Waals surface area contributed by atoms with Gasteiger partial charge in [0.25, 0.3) is 0 Å². The van der Waals surface area contributed by atoms with Gasteiger partial charge in [-0.25, -0.2) is 0 Å². The molecule has 12 atom stereocenters. The minimum absolute atomic E-state index is 0.260. The molecule has 0 aliphatic carbocycles. The maximum Gasteiger partial charge on any atom is 0.220 e. The van der Waals surface area contributed by atoms with Crippen LogP contribution in [0.4, 0.5) is 0 Å². The lowest BCUT2D eigenvalue weighted by Crippen LogP contribution is -2.65. The molecule has 0 radical (unpaired) electrons. The van der Waals surface area contributed by atoms with Crippen LogP contribution in [0.5, 0.6) is 0 Å². The Bertz CT molecular complexity index is 1480. The average molecular weight is 1090 g/mol. The van der Waals surface area contributed by atoms with Crippen molar-refractivity contribution in [1.82, 2.24) is 5.32 Å². The van der Waals surface area contributed by atoms with Gasteiger partial charge in [0.1, 0.15) is 48.8 Å². The normalized spacial score (nSPS) is 25.0. The lowest BCUT2D eigenvalue weighted by Gasteiger charge is -2.46. The third-order valence-corrected chi connectivity index (χ3v) is 15.2. The second-order valence-corrected chi connectivity index (χ2v) is 22.2. The molecular weight excluding hydrogens is 979 g/mol. The van der Waals surface area contributed by atoms with Crippen molar-refractivity contribution in [3.05, 3.63) is 48.6 Å². The number of amides is 1. The van der Waals surface area contributed by atoms with Crippen LogP contribution in [-0.4, -0.2) is 140 Å². The van der Waals surface area contributed by atoms with Crippen molar-refractivity contribution in [2.24, 2.45) is 0 Å². The van der Waals surface area contributed by atoms with E-state index in [1.807, 2.05) is 6.08 Å². The largest absolute Gasteiger partial charge is 0.394 e. The first-order valence-electron chi connectivity index (χ1n) is 31.4. The van der Waals surface area contributed by atoms with Crippen LogP contribution in [0.1, 0.15) is 251 Å². The zero-order valence-electron chi connectivity index (χ0n) is 48.5. The molecule has 0 spiro atoms. The Hall–Kier alpha value is -2.05. The fraction of sp³-hybridized carbons (Fsp3) is 0.857. The van der Waals surface area contributed by atoms with Crippen molar-refractivity contribution in [2.75, 3.05) is 19.8 Å². The quantitative estimate of drug-likeness (QED) is 0.0204. The monoisotopic (exact) mass is 1090 g/mol. The minimum Gasteiger partial charge on any atom is -0.394 e. The van der Waals surface area contributed by atoms with Gasteiger partial charge in [0, 0.05) is 6.42 Å². The summed E-state index contributed by atoms with van der Waals surface area (Å²) < 4.78 is 22.8. The third kappa shape index (κ3) is 34.1. The van der Waals surface area contributed by atoms with Crippen LogP contribution in [-0.2, 0) is 23.7 Å². The highest BCUT2D eigenvalue weighted by molar-refractivity contribution is 5.76. The number of rotatable bonds is 50. The molecule has 2 saturated heterocycles. The number of carbonyl (C=O) groups excluding carboxylic acids is 1. The molecule has 14 nitrogen and oxygen atoms in total. The Labute approximate surface area is 467 Å². The van der Waals surface area contributed by atoms with Gasteiger partial charge in [-0.15, -0.1) is 0 Å². The molecule has 1 amide bonds. The predicted octanol–water partition coefficient (Wildman–Crippen LogP) is 11.2. The molecule has 450 valence electrons. The van der Waals surface area contributed by atoms with E-state index >= 15 is 0 Å². The van der Waals surface area contributed by atoms with Crippen LogP contribution < -0.4 is 5.32 Å². The third-order valence-electron chi connectivity index (χ3n) is 15.2. The fourth-order valence-corrected chi connectivity index (χ4v) is 10.1. The van der Waals surface area contributed by atoms with E-state index in [4.69, 9.17) is 18.9 Å². The number of unbranched alkanes of at least 4 members (excludes halogenated alkanes) is 31. The summed E-state index contributed by atoms with van der Waals surface area (Å²) in [5.41, 5.74) is 0. The molecule has 2 heterocycles. The second kappa shape index (κ2) is 48.6. The van der Waals surface area contributed by atoms with Crippen LogP contribution in [0.3, 0.4) is 0 Å². The summed E-state index contributed by atoms with van der Waals surface area (Å²) in [6, 6.07) is -0.943. The number of allylic oxidation sites excluding steroid dienone is 7. The topological polar surface area (TPSA) is 228 Å². The van der Waals surface area contributed by atoms with Crippen LogP contribution >= 0.6 is 0 Å². The Morgan fingerprint density at radius 2 is 0.831 bits per heavy atom. The summed E-state index contributed by atoms with van der Waals surface area (Å²) >= 11 is 0. The van der Waals surface area contributed by atoms with E-state index < -0.39 is 86.8 Å². The molecule has 0 aromatic heterocycles. The van der Waals surface area contributed by atoms with Gasteiger partial charge in [-0.05, 0) is 70.6 Å². The van der Waals surface area contributed by atoms with E-state index in [-0.39, 0.29) is 18.9 Å². The van der Waals surface area contributed by atoms with Crippen LogP contribution in [0.25, 0.3) is 0 Å². The first-order valence-corrected chi connectivity index (χ1v) is 31.4. The number of aliphatic hydroxyl groups is 8. The lowest BCUT2D eigenvalue weighted by molar-refractivity contribution is -0.359. The number of ether oxygens (including phenoxy) is 4. The van der Waals surface area contributed by atoms with Crippen LogP contribution in [0, 0.1) is 0 Å². The smallest absolute Gasteiger partial charge is 0.220 e. The molecule has 2 fully saturated rings. The van der Waals surface area contributed by atoms with Gasteiger partial charge in [-0.2, -0.15) is 0 Å². The summed E-state index contributed by atoms with van der Waals surface area (Å²) in [5, 5.41) is 87.1. The van der Waals surface area contributed by atoms with Gasteiger partial charge in [0.15, 0.2) is 12.6 Å². The first-order chi connectivity index (χ1) is 37.6. The van der Waals surface area contributed by atoms with Gasteiger partial charge in [-0.1, -0.05) is 223 Å². The van der Waals surface area contributed by atoms with Crippen LogP contribution in [0.15, 0.2) is 48.6 Å². The fourth-order valence-electron chi connectivity index (χ4n) is 10.1. The number of hydrogen-bond acceptors (Lipinski definition) is 13. The Kier molecular flexibility index (Phi) is 44.9. The van der Waals surface area contributed by atoms with Gasteiger partial charge >= 0.3 is 0 Å². The average Bonchev–Trinajstić information content (AvgIpc) is 3.44. The van der Waals surface area contributed by atoms with Crippen molar-refractivity contribution in [3.8, 4) is 0 Å². The van der Waals surface area contributed by atoms with E-state index in [1.54, 1.807) is 6.08 Å². The molecule has 14 heteroatoms. The highest BCUT2D eigenvalue weighted by atomic mass is 16.7. The maximum atomic E-state index is 13.2. The van der Waals surface area contributed by atoms with Crippen molar-refractivity contribution < 1.29 is 64.6 Å². The molecule has 2 rings (SSSR count). The molecule has 0 saturated carbocycles. The zero-order valence-corrected chi connectivity index (χ0v) is 48.5. The van der Waals surface area contributed by atoms with Gasteiger partial charge in [0.2, 0.25) is 5.91 Å². The zero-order chi connectivity index (χ0) is 56.0. The number of aliphatic hydroxyl groups excluding tert-OH is 8. The molecule has 12 unspecified atom stereocenters. The van der Waals surface area contributed by atoms with Gasteiger partial charge < -0.3 is 65.1 Å². The minimum atomic E-state index is -1.79. The van der Waals surface area contributed by atoms with Gasteiger partial charge in [-0.3, -0.25) is 4.79 Å². The molecular formula is C63H115NO13. The van der Waals surface area contributed by atoms with Crippen molar-refractivity contribution in [3.63, 3.8) is 0 Å². The molecule has 2 aliphatic rings. The molecule has 0 aromatic rings. The van der Waals surface area contributed by atoms with E-state index in [9.17, 15) is 45.6 Å². The second-order valence-electron chi connectivity index (χ2n) is 22.2. The molecule has 2 aliphatic heterocycles. The Morgan fingerprint density at radius 3 is 1.27 bits per heavy atom. The van der Waals surface area contributed by atoms with Crippen molar-refractivity contribution >= 4 is 5.91 Å². The summed E-state index contributed by atoms with van der Waals surface area (Å²) in [6.45, 7) is 2.78. The van der Waals surface area contributed by atoms with Crippen molar-refractivity contribution in [1.29, 1.82) is 0 Å². The SMILES string of the molecule is CCCCCCCCC/C=C\CCCCCCCC(=O)NC(COC1OC(CO)C(OC2OC(CO)C(O)C(O)C2O)C(O)C1O)C(O)/C=C/CC/C=C/CC/C=C/CCCCCCCCCCCCCCCCCCC. The molecule has 77 heavy (non-hydrogen) atoms. The predicted molar refractivity (Wildman–Crippen MR) is 309 cm³/mol. The van der Waals surface area contributed by atoms with E-state index in [0.717, 1.165) is 64.2 Å².